The van der Waals surface area contributed by atoms with Gasteiger partial charge in [0.25, 0.3) is 5.56 Å². The maximum Gasteiger partial charge on any atom is 0.280 e. The van der Waals surface area contributed by atoms with E-state index in [9.17, 15) is 4.79 Å². The first-order chi connectivity index (χ1) is 10.1. The van der Waals surface area contributed by atoms with E-state index in [4.69, 9.17) is 11.6 Å². The summed E-state index contributed by atoms with van der Waals surface area (Å²) in [5.74, 6) is 0. The van der Waals surface area contributed by atoms with Crippen molar-refractivity contribution in [3.8, 4) is 5.69 Å². The van der Waals surface area contributed by atoms with Crippen LogP contribution < -0.4 is 16.1 Å². The minimum Gasteiger partial charge on any atom is -0.377 e. The van der Waals surface area contributed by atoms with Gasteiger partial charge in [0.1, 0.15) is 0 Å². The van der Waals surface area contributed by atoms with Crippen molar-refractivity contribution in [2.45, 2.75) is 19.3 Å². The molecule has 0 aliphatic carbocycles. The van der Waals surface area contributed by atoms with E-state index in [1.807, 2.05) is 18.3 Å². The number of aromatic amines is 1. The second kappa shape index (κ2) is 5.82. The molecule has 0 amide bonds. The Hall–Kier alpha value is -1.94. The van der Waals surface area contributed by atoms with E-state index in [1.54, 1.807) is 12.1 Å². The molecule has 0 spiro atoms. The van der Waals surface area contributed by atoms with Gasteiger partial charge in [0.2, 0.25) is 0 Å². The predicted molar refractivity (Wildman–Crippen MR) is 86.1 cm³/mol. The van der Waals surface area contributed by atoms with Gasteiger partial charge in [0.05, 0.1) is 16.3 Å². The number of piperidine rings is 1. The van der Waals surface area contributed by atoms with Crippen LogP contribution in [-0.4, -0.2) is 27.8 Å². The number of nitrogens with one attached hydrogen (secondary N) is 1. The highest BCUT2D eigenvalue weighted by atomic mass is 35.5. The first-order valence-electron chi connectivity index (χ1n) is 7.17. The molecule has 1 saturated heterocycles. The molecule has 5 heteroatoms. The van der Waals surface area contributed by atoms with Crippen molar-refractivity contribution in [1.82, 2.24) is 14.7 Å². The highest BCUT2D eigenvalue weighted by molar-refractivity contribution is 6.30. The number of halogens is 1. The van der Waals surface area contributed by atoms with Gasteiger partial charge in [-0.1, -0.05) is 18.2 Å². The molecule has 1 fully saturated rings. The molecule has 21 heavy (non-hydrogen) atoms. The standard InChI is InChI=1S/C16H18ClN3O/c1-12-15(11-19-9-3-2-4-10-19)16(21)20(18-12)14-7-5-13(17)6-8-14/h5-8,11,18H,1-4,9-10H2. The summed E-state index contributed by atoms with van der Waals surface area (Å²) in [4.78, 5) is 14.8. The third-order valence-corrected chi connectivity index (χ3v) is 4.04. The zero-order valence-corrected chi connectivity index (χ0v) is 12.6. The zero-order chi connectivity index (χ0) is 14.8. The average molecular weight is 304 g/mol. The highest BCUT2D eigenvalue weighted by Crippen LogP contribution is 2.10. The van der Waals surface area contributed by atoms with Gasteiger partial charge in [-0.3, -0.25) is 9.89 Å². The lowest BCUT2D eigenvalue weighted by Crippen LogP contribution is -2.38. The summed E-state index contributed by atoms with van der Waals surface area (Å²) in [6.07, 6.45) is 5.56. The predicted octanol–water partition coefficient (Wildman–Crippen LogP) is 1.45. The third-order valence-electron chi connectivity index (χ3n) is 3.79. The van der Waals surface area contributed by atoms with Gasteiger partial charge in [0, 0.05) is 24.3 Å². The third kappa shape index (κ3) is 2.90. The van der Waals surface area contributed by atoms with E-state index in [0.717, 1.165) is 18.8 Å². The van der Waals surface area contributed by atoms with Crippen LogP contribution >= 0.6 is 11.6 Å². The van der Waals surface area contributed by atoms with Crippen molar-refractivity contribution >= 4 is 24.4 Å². The van der Waals surface area contributed by atoms with E-state index < -0.39 is 0 Å². The molecule has 0 saturated carbocycles. The zero-order valence-electron chi connectivity index (χ0n) is 11.8. The molecule has 0 unspecified atom stereocenters. The lowest BCUT2D eigenvalue weighted by molar-refractivity contribution is 0.336. The second-order valence-corrected chi connectivity index (χ2v) is 5.78. The van der Waals surface area contributed by atoms with Crippen LogP contribution in [0, 0.1) is 0 Å². The molecule has 0 atom stereocenters. The van der Waals surface area contributed by atoms with Crippen molar-refractivity contribution in [3.63, 3.8) is 0 Å². The largest absolute Gasteiger partial charge is 0.377 e. The number of hydrogen-bond donors (Lipinski definition) is 1. The van der Waals surface area contributed by atoms with Gasteiger partial charge in [0.15, 0.2) is 0 Å². The number of aromatic nitrogens is 2. The minimum atomic E-state index is -0.0760. The number of H-pyrrole nitrogens is 1. The Labute approximate surface area is 127 Å². The van der Waals surface area contributed by atoms with Crippen LogP contribution in [0.4, 0.5) is 0 Å². The summed E-state index contributed by atoms with van der Waals surface area (Å²) in [5, 5.41) is 4.95. The first kappa shape index (κ1) is 14.0. The number of hydrogen-bond acceptors (Lipinski definition) is 2. The topological polar surface area (TPSA) is 41.0 Å². The van der Waals surface area contributed by atoms with Gasteiger partial charge in [-0.15, -0.1) is 0 Å². The molecule has 4 nitrogen and oxygen atoms in total. The van der Waals surface area contributed by atoms with Crippen molar-refractivity contribution in [3.05, 3.63) is 50.2 Å². The molecular formula is C16H18ClN3O. The summed E-state index contributed by atoms with van der Waals surface area (Å²) >= 11 is 5.88. The Morgan fingerprint density at radius 1 is 1.14 bits per heavy atom. The van der Waals surface area contributed by atoms with Gasteiger partial charge in [-0.2, -0.15) is 0 Å². The summed E-state index contributed by atoms with van der Waals surface area (Å²) in [6.45, 7) is 5.96. The first-order valence-corrected chi connectivity index (χ1v) is 7.55. The molecule has 0 bridgehead atoms. The Morgan fingerprint density at radius 2 is 1.81 bits per heavy atom. The van der Waals surface area contributed by atoms with Crippen LogP contribution in [0.1, 0.15) is 19.3 Å². The number of benzene rings is 1. The summed E-state index contributed by atoms with van der Waals surface area (Å²) in [7, 11) is 0. The number of rotatable bonds is 2. The molecule has 1 aliphatic heterocycles. The summed E-state index contributed by atoms with van der Waals surface area (Å²) < 4.78 is 1.51. The van der Waals surface area contributed by atoms with E-state index in [-0.39, 0.29) is 5.56 Å². The maximum atomic E-state index is 12.5. The maximum absolute atomic E-state index is 12.5. The van der Waals surface area contributed by atoms with Crippen molar-refractivity contribution in [2.24, 2.45) is 0 Å². The molecule has 0 radical (unpaired) electrons. The minimum absolute atomic E-state index is 0.0760. The summed E-state index contributed by atoms with van der Waals surface area (Å²) in [5.41, 5.74) is 0.681. The van der Waals surface area contributed by atoms with Crippen LogP contribution in [0.15, 0.2) is 29.1 Å². The fourth-order valence-electron chi connectivity index (χ4n) is 2.63. The SMILES string of the molecule is C=c1[nH]n(-c2ccc(Cl)cc2)c(=O)c1=CN1CCCCC1. The molecule has 1 aliphatic rings. The van der Waals surface area contributed by atoms with E-state index in [2.05, 4.69) is 16.6 Å². The number of likely N-dealkylation sites (tertiary alicyclic amines) is 1. The van der Waals surface area contributed by atoms with Gasteiger partial charge >= 0.3 is 0 Å². The van der Waals surface area contributed by atoms with Crippen LogP contribution in [0.3, 0.4) is 0 Å². The van der Waals surface area contributed by atoms with Gasteiger partial charge in [-0.05, 0) is 43.5 Å². The van der Waals surface area contributed by atoms with Crippen molar-refractivity contribution in [2.75, 3.05) is 13.1 Å². The van der Waals surface area contributed by atoms with Gasteiger partial charge in [-0.25, -0.2) is 4.68 Å². The van der Waals surface area contributed by atoms with Crippen molar-refractivity contribution in [1.29, 1.82) is 0 Å². The Bertz CT molecular complexity index is 782. The Kier molecular flexibility index (Phi) is 3.88. The molecule has 3 rings (SSSR count). The molecule has 1 aromatic heterocycles. The smallest absolute Gasteiger partial charge is 0.280 e. The summed E-state index contributed by atoms with van der Waals surface area (Å²) in [6, 6.07) is 7.15. The Morgan fingerprint density at radius 3 is 2.48 bits per heavy atom. The van der Waals surface area contributed by atoms with Gasteiger partial charge < -0.3 is 4.90 Å². The normalized spacial score (nSPS) is 16.4. The second-order valence-electron chi connectivity index (χ2n) is 5.35. The highest BCUT2D eigenvalue weighted by Gasteiger charge is 2.09. The molecule has 1 N–H and O–H groups in total. The lowest BCUT2D eigenvalue weighted by Gasteiger charge is -2.24. The lowest BCUT2D eigenvalue weighted by atomic mass is 10.1. The van der Waals surface area contributed by atoms with Crippen LogP contribution in [0.25, 0.3) is 18.5 Å². The van der Waals surface area contributed by atoms with Crippen LogP contribution in [0.2, 0.25) is 5.02 Å². The Balaban J connectivity index is 2.04. The van der Waals surface area contributed by atoms with Crippen LogP contribution in [-0.2, 0) is 0 Å². The molecular weight excluding hydrogens is 286 g/mol. The molecule has 2 heterocycles. The molecule has 110 valence electrons. The monoisotopic (exact) mass is 303 g/mol. The molecule has 2 aromatic rings. The fourth-order valence-corrected chi connectivity index (χ4v) is 2.76. The molecule has 1 aromatic carbocycles. The number of nitrogens with zero attached hydrogens (tertiary/aromatic N) is 2. The van der Waals surface area contributed by atoms with E-state index >= 15 is 0 Å². The fraction of sp³-hybridized carbons (Fsp3) is 0.312. The van der Waals surface area contributed by atoms with Crippen molar-refractivity contribution < 1.29 is 0 Å². The van der Waals surface area contributed by atoms with Crippen LogP contribution in [0.5, 0.6) is 0 Å². The van der Waals surface area contributed by atoms with E-state index in [1.165, 1.54) is 23.9 Å². The van der Waals surface area contributed by atoms with E-state index in [0.29, 0.717) is 15.6 Å². The average Bonchev–Trinajstić information content (AvgIpc) is 2.77. The quantitative estimate of drug-likeness (QED) is 0.912.